The molecule has 0 aromatic heterocycles. The molecule has 1 unspecified atom stereocenters. The van der Waals surface area contributed by atoms with E-state index in [0.717, 1.165) is 52.0 Å². The van der Waals surface area contributed by atoms with Crippen LogP contribution in [0.3, 0.4) is 0 Å². The summed E-state index contributed by atoms with van der Waals surface area (Å²) in [6.45, 7) is -0.471. The fourth-order valence-electron chi connectivity index (χ4n) is 5.92. The molecule has 1 saturated carbocycles. The highest BCUT2D eigenvalue weighted by atomic mass is 79.9. The number of nitrogens with zero attached hydrogens (tertiary/aromatic N) is 2. The highest BCUT2D eigenvalue weighted by Crippen LogP contribution is 2.28. The lowest BCUT2D eigenvalue weighted by Gasteiger charge is -2.35. The third kappa shape index (κ3) is 9.18. The fraction of sp³-hybridized carbons (Fsp3) is 0.297. The molecule has 1 N–H and O–H groups in total. The van der Waals surface area contributed by atoms with Crippen molar-refractivity contribution in [1.29, 1.82) is 0 Å². The quantitative estimate of drug-likeness (QED) is 0.154. The zero-order valence-electron chi connectivity index (χ0n) is 26.7. The van der Waals surface area contributed by atoms with Crippen molar-refractivity contribution >= 4 is 55.1 Å². The number of benzene rings is 4. The molecule has 2 amide bonds. The van der Waals surface area contributed by atoms with Crippen molar-refractivity contribution in [3.8, 4) is 5.75 Å². The van der Waals surface area contributed by atoms with Gasteiger partial charge in [-0.05, 0) is 78.6 Å². The molecule has 1 atom stereocenters. The van der Waals surface area contributed by atoms with Gasteiger partial charge in [0.25, 0.3) is 10.0 Å². The van der Waals surface area contributed by atoms with Crippen LogP contribution in [0.15, 0.2) is 112 Å². The Labute approximate surface area is 296 Å². The molecule has 0 radical (unpaired) electrons. The zero-order chi connectivity index (χ0) is 34.1. The number of carbonyl (C=O) groups is 2. The maximum Gasteiger partial charge on any atom is 0.264 e. The second-order valence-electron chi connectivity index (χ2n) is 11.9. The molecule has 0 heterocycles. The van der Waals surface area contributed by atoms with Gasteiger partial charge in [-0.3, -0.25) is 13.9 Å². The minimum Gasteiger partial charge on any atom is -0.497 e. The average molecular weight is 753 g/mol. The van der Waals surface area contributed by atoms with Crippen LogP contribution in [0.1, 0.15) is 43.2 Å². The van der Waals surface area contributed by atoms with Gasteiger partial charge in [-0.1, -0.05) is 95.3 Å². The number of amides is 2. The first kappa shape index (κ1) is 35.4. The van der Waals surface area contributed by atoms with E-state index in [1.165, 1.54) is 30.2 Å². The van der Waals surface area contributed by atoms with Gasteiger partial charge in [0.1, 0.15) is 18.3 Å². The van der Waals surface area contributed by atoms with Crippen LogP contribution >= 0.6 is 27.5 Å². The third-order valence-electron chi connectivity index (χ3n) is 8.51. The monoisotopic (exact) mass is 751 g/mol. The molecular formula is C37H39BrClN3O5S. The molecule has 252 valence electrons. The summed E-state index contributed by atoms with van der Waals surface area (Å²) in [5.41, 5.74) is 1.90. The molecular weight excluding hydrogens is 714 g/mol. The van der Waals surface area contributed by atoms with Gasteiger partial charge in [-0.15, -0.1) is 0 Å². The zero-order valence-corrected chi connectivity index (χ0v) is 29.9. The van der Waals surface area contributed by atoms with Crippen LogP contribution in [-0.4, -0.2) is 50.9 Å². The van der Waals surface area contributed by atoms with Gasteiger partial charge in [0, 0.05) is 28.5 Å². The number of anilines is 1. The predicted octanol–water partition coefficient (Wildman–Crippen LogP) is 7.40. The van der Waals surface area contributed by atoms with Crippen molar-refractivity contribution < 1.29 is 22.7 Å². The van der Waals surface area contributed by atoms with E-state index in [1.54, 1.807) is 30.3 Å². The number of carbonyl (C=O) groups excluding carboxylic acids is 2. The van der Waals surface area contributed by atoms with Crippen molar-refractivity contribution in [1.82, 2.24) is 10.2 Å². The summed E-state index contributed by atoms with van der Waals surface area (Å²) in [6, 6.07) is 28.5. The molecule has 8 nitrogen and oxygen atoms in total. The number of sulfonamides is 1. The van der Waals surface area contributed by atoms with Crippen molar-refractivity contribution in [2.24, 2.45) is 0 Å². The van der Waals surface area contributed by atoms with Gasteiger partial charge < -0.3 is 15.0 Å². The van der Waals surface area contributed by atoms with E-state index in [-0.39, 0.29) is 35.5 Å². The van der Waals surface area contributed by atoms with Crippen molar-refractivity contribution in [2.45, 2.75) is 62.0 Å². The number of rotatable bonds is 13. The van der Waals surface area contributed by atoms with Crippen LogP contribution < -0.4 is 14.4 Å². The highest BCUT2D eigenvalue weighted by molar-refractivity contribution is 9.10. The molecule has 11 heteroatoms. The number of ether oxygens (including phenoxy) is 1. The van der Waals surface area contributed by atoms with E-state index in [4.69, 9.17) is 16.3 Å². The molecule has 1 aliphatic carbocycles. The first-order chi connectivity index (χ1) is 23.1. The Morgan fingerprint density at radius 1 is 0.896 bits per heavy atom. The molecule has 0 aliphatic heterocycles. The summed E-state index contributed by atoms with van der Waals surface area (Å²) in [5.74, 6) is -0.300. The van der Waals surface area contributed by atoms with Gasteiger partial charge in [-0.25, -0.2) is 8.42 Å². The fourth-order valence-corrected chi connectivity index (χ4v) is 7.77. The molecule has 0 bridgehead atoms. The van der Waals surface area contributed by atoms with E-state index in [0.29, 0.717) is 10.8 Å². The predicted molar refractivity (Wildman–Crippen MR) is 193 cm³/mol. The van der Waals surface area contributed by atoms with Crippen LogP contribution in [0.2, 0.25) is 5.02 Å². The summed E-state index contributed by atoms with van der Waals surface area (Å²) >= 11 is 9.80. The van der Waals surface area contributed by atoms with Gasteiger partial charge in [0.2, 0.25) is 11.8 Å². The minimum atomic E-state index is -4.27. The molecule has 4 aromatic carbocycles. The smallest absolute Gasteiger partial charge is 0.264 e. The van der Waals surface area contributed by atoms with E-state index in [1.807, 2.05) is 54.6 Å². The molecule has 48 heavy (non-hydrogen) atoms. The highest BCUT2D eigenvalue weighted by Gasteiger charge is 2.35. The molecule has 5 rings (SSSR count). The van der Waals surface area contributed by atoms with E-state index in [9.17, 15) is 18.0 Å². The lowest BCUT2D eigenvalue weighted by Crippen LogP contribution is -2.55. The Hall–Kier alpha value is -3.86. The van der Waals surface area contributed by atoms with Crippen molar-refractivity contribution in [2.75, 3.05) is 18.0 Å². The molecule has 4 aromatic rings. The van der Waals surface area contributed by atoms with Crippen LogP contribution in [0.5, 0.6) is 5.75 Å². The van der Waals surface area contributed by atoms with Gasteiger partial charge in [0.05, 0.1) is 17.7 Å². The summed E-state index contributed by atoms with van der Waals surface area (Å²) in [7, 11) is -2.77. The Morgan fingerprint density at radius 2 is 1.58 bits per heavy atom. The minimum absolute atomic E-state index is 0.0209. The van der Waals surface area contributed by atoms with Crippen LogP contribution in [0.4, 0.5) is 5.69 Å². The summed E-state index contributed by atoms with van der Waals surface area (Å²) in [6.07, 6.45) is 5.22. The SMILES string of the molecule is COc1ccc(S(=O)(=O)N(CC(=O)N(Cc2ccc(Br)cc2)C(Cc2ccccc2)C(=O)NC2CCCCC2)c2cccc(Cl)c2)cc1. The van der Waals surface area contributed by atoms with E-state index >= 15 is 0 Å². The van der Waals surface area contributed by atoms with Crippen LogP contribution in [0.25, 0.3) is 0 Å². The standard InChI is InChI=1S/C37H39BrClN3O5S/c1-47-33-19-21-34(22-20-33)48(45,46)42(32-14-8-11-30(39)24-32)26-36(43)41(25-28-15-17-29(38)18-16-28)35(23-27-9-4-2-5-10-27)37(44)40-31-12-6-3-7-13-31/h2,4-5,8-11,14-22,24,31,35H,3,6-7,12-13,23,25-26H2,1H3,(H,40,44). The lowest BCUT2D eigenvalue weighted by atomic mass is 9.94. The van der Waals surface area contributed by atoms with Crippen molar-refractivity contribution in [3.05, 3.63) is 124 Å². The Kier molecular flexibility index (Phi) is 12.2. The largest absolute Gasteiger partial charge is 0.497 e. The maximum atomic E-state index is 14.7. The molecule has 1 fully saturated rings. The first-order valence-electron chi connectivity index (χ1n) is 15.9. The van der Waals surface area contributed by atoms with Crippen molar-refractivity contribution in [3.63, 3.8) is 0 Å². The third-order valence-corrected chi connectivity index (χ3v) is 11.1. The van der Waals surface area contributed by atoms with Gasteiger partial charge in [0.15, 0.2) is 0 Å². The van der Waals surface area contributed by atoms with Crippen LogP contribution in [-0.2, 0) is 32.6 Å². The number of hydrogen-bond acceptors (Lipinski definition) is 5. The van der Waals surface area contributed by atoms with Gasteiger partial charge in [-0.2, -0.15) is 0 Å². The number of hydrogen-bond donors (Lipinski definition) is 1. The summed E-state index contributed by atoms with van der Waals surface area (Å²) in [4.78, 5) is 30.4. The van der Waals surface area contributed by atoms with E-state index in [2.05, 4.69) is 21.2 Å². The number of methoxy groups -OCH3 is 1. The Bertz CT molecular complexity index is 1780. The Morgan fingerprint density at radius 3 is 2.23 bits per heavy atom. The summed E-state index contributed by atoms with van der Waals surface area (Å²) in [5, 5.41) is 3.54. The average Bonchev–Trinajstić information content (AvgIpc) is 3.10. The van der Waals surface area contributed by atoms with Crippen LogP contribution in [0, 0.1) is 0 Å². The second-order valence-corrected chi connectivity index (χ2v) is 15.1. The molecule has 0 saturated heterocycles. The molecule has 1 aliphatic rings. The van der Waals surface area contributed by atoms with Gasteiger partial charge >= 0.3 is 0 Å². The Balaban J connectivity index is 1.56. The topological polar surface area (TPSA) is 96.0 Å². The normalized spacial score (nSPS) is 14.1. The lowest BCUT2D eigenvalue weighted by molar-refractivity contribution is -0.140. The number of nitrogens with one attached hydrogen (secondary N) is 1. The first-order valence-corrected chi connectivity index (χ1v) is 18.6. The number of halogens is 2. The maximum absolute atomic E-state index is 14.7. The summed E-state index contributed by atoms with van der Waals surface area (Å²) < 4.78 is 35.6. The second kappa shape index (κ2) is 16.5. The molecule has 0 spiro atoms. The van der Waals surface area contributed by atoms with E-state index < -0.39 is 28.5 Å².